The molecule has 0 aliphatic carbocycles. The fourth-order valence-corrected chi connectivity index (χ4v) is 4.85. The Bertz CT molecular complexity index is 504. The topological polar surface area (TPSA) is 51.2 Å². The number of thiophene rings is 1. The van der Waals surface area contributed by atoms with Crippen molar-refractivity contribution >= 4 is 38.6 Å². The number of rotatable bonds is 3. The zero-order chi connectivity index (χ0) is 11.8. The van der Waals surface area contributed by atoms with Gasteiger partial charge in [-0.1, -0.05) is 11.6 Å². The van der Waals surface area contributed by atoms with Crippen molar-refractivity contribution in [3.05, 3.63) is 21.3 Å². The largest absolute Gasteiger partial charge is 0.293 e. The molecule has 1 aliphatic heterocycles. The Morgan fingerprint density at radius 3 is 2.81 bits per heavy atom. The van der Waals surface area contributed by atoms with Crippen LogP contribution in [0.4, 0.5) is 0 Å². The van der Waals surface area contributed by atoms with E-state index in [-0.39, 0.29) is 23.2 Å². The molecule has 1 saturated heterocycles. The number of Topliss-reactive ketones (excluding diaryl/α,β-unsaturated/α-hetero) is 1. The van der Waals surface area contributed by atoms with E-state index in [1.165, 1.54) is 11.3 Å². The Morgan fingerprint density at radius 2 is 2.31 bits per heavy atom. The maximum atomic E-state index is 11.8. The van der Waals surface area contributed by atoms with Crippen LogP contribution in [0, 0.1) is 5.92 Å². The first-order valence-electron chi connectivity index (χ1n) is 4.94. The second-order valence-corrected chi connectivity index (χ2v) is 7.55. The average Bonchev–Trinajstić information content (AvgIpc) is 2.72. The van der Waals surface area contributed by atoms with Gasteiger partial charge in [-0.3, -0.25) is 4.79 Å². The summed E-state index contributed by atoms with van der Waals surface area (Å²) < 4.78 is 22.5. The minimum absolute atomic E-state index is 0.0318. The number of hydrogen-bond acceptors (Lipinski definition) is 4. The van der Waals surface area contributed by atoms with Gasteiger partial charge < -0.3 is 0 Å². The summed E-state index contributed by atoms with van der Waals surface area (Å²) in [5.74, 6) is 0.281. The van der Waals surface area contributed by atoms with Gasteiger partial charge in [0.2, 0.25) is 0 Å². The molecule has 0 amide bonds. The summed E-state index contributed by atoms with van der Waals surface area (Å²) in [5.41, 5.74) is 0. The quantitative estimate of drug-likeness (QED) is 0.798. The first-order chi connectivity index (χ1) is 7.48. The number of hydrogen-bond donors (Lipinski definition) is 0. The Labute approximate surface area is 103 Å². The summed E-state index contributed by atoms with van der Waals surface area (Å²) in [4.78, 5) is 12.4. The van der Waals surface area contributed by atoms with Gasteiger partial charge >= 0.3 is 0 Å². The predicted octanol–water partition coefficient (Wildman–Crippen LogP) is 2.41. The van der Waals surface area contributed by atoms with E-state index in [0.717, 1.165) is 0 Å². The van der Waals surface area contributed by atoms with Gasteiger partial charge in [0.05, 0.1) is 21.4 Å². The van der Waals surface area contributed by atoms with E-state index in [2.05, 4.69) is 0 Å². The van der Waals surface area contributed by atoms with E-state index in [0.29, 0.717) is 22.7 Å². The molecule has 0 aromatic carbocycles. The molecule has 0 spiro atoms. The zero-order valence-corrected chi connectivity index (χ0v) is 10.9. The fraction of sp³-hybridized carbons (Fsp3) is 0.500. The maximum absolute atomic E-state index is 11.8. The van der Waals surface area contributed by atoms with Crippen LogP contribution in [0.5, 0.6) is 0 Å². The molecule has 88 valence electrons. The molecular weight excluding hydrogens is 268 g/mol. The van der Waals surface area contributed by atoms with Crippen LogP contribution >= 0.6 is 22.9 Å². The highest BCUT2D eigenvalue weighted by Crippen LogP contribution is 2.28. The molecule has 1 aromatic rings. The smallest absolute Gasteiger partial charge is 0.174 e. The van der Waals surface area contributed by atoms with Crippen LogP contribution in [0.25, 0.3) is 0 Å². The van der Waals surface area contributed by atoms with Crippen molar-refractivity contribution in [2.45, 2.75) is 12.8 Å². The van der Waals surface area contributed by atoms with Crippen molar-refractivity contribution in [3.63, 3.8) is 0 Å². The Balaban J connectivity index is 2.02. The third-order valence-corrected chi connectivity index (χ3v) is 5.89. The van der Waals surface area contributed by atoms with Crippen LogP contribution in [0.3, 0.4) is 0 Å². The normalized spacial score (nSPS) is 23.4. The number of ketones is 1. The van der Waals surface area contributed by atoms with Crippen LogP contribution < -0.4 is 0 Å². The van der Waals surface area contributed by atoms with Crippen LogP contribution in [0.1, 0.15) is 22.5 Å². The molecule has 0 bridgehead atoms. The predicted molar refractivity (Wildman–Crippen MR) is 65.0 cm³/mol. The van der Waals surface area contributed by atoms with Gasteiger partial charge in [-0.05, 0) is 23.8 Å². The van der Waals surface area contributed by atoms with Crippen molar-refractivity contribution in [2.75, 3.05) is 11.5 Å². The second-order valence-electron chi connectivity index (χ2n) is 3.99. The molecule has 2 heterocycles. The molecular formula is C10H11ClO3S2. The van der Waals surface area contributed by atoms with Crippen LogP contribution in [0.15, 0.2) is 11.4 Å². The molecule has 0 radical (unpaired) electrons. The molecule has 0 N–H and O–H groups in total. The highest BCUT2D eigenvalue weighted by atomic mass is 35.5. The van der Waals surface area contributed by atoms with Gasteiger partial charge in [0, 0.05) is 6.42 Å². The number of halogens is 1. The molecule has 1 aromatic heterocycles. The minimum Gasteiger partial charge on any atom is -0.293 e. The summed E-state index contributed by atoms with van der Waals surface area (Å²) in [6.45, 7) is 0. The molecule has 1 atom stereocenters. The molecule has 1 fully saturated rings. The summed E-state index contributed by atoms with van der Waals surface area (Å²) >= 11 is 7.16. The lowest BCUT2D eigenvalue weighted by molar-refractivity contribution is 0.0970. The van der Waals surface area contributed by atoms with Crippen LogP contribution in [-0.4, -0.2) is 25.7 Å². The molecule has 1 aliphatic rings. The minimum atomic E-state index is -2.90. The summed E-state index contributed by atoms with van der Waals surface area (Å²) in [6, 6.07) is 1.69. The van der Waals surface area contributed by atoms with E-state index >= 15 is 0 Å². The molecule has 16 heavy (non-hydrogen) atoms. The third kappa shape index (κ3) is 2.64. The lowest BCUT2D eigenvalue weighted by Crippen LogP contribution is -2.10. The van der Waals surface area contributed by atoms with Gasteiger partial charge in [-0.2, -0.15) is 0 Å². The van der Waals surface area contributed by atoms with Crippen molar-refractivity contribution in [2.24, 2.45) is 5.92 Å². The number of carbonyl (C=O) groups excluding carboxylic acids is 1. The SMILES string of the molecule is O=C(CC1CCS(=O)(=O)C1)c1sccc1Cl. The summed E-state index contributed by atoms with van der Waals surface area (Å²) in [5, 5.41) is 2.23. The van der Waals surface area contributed by atoms with Gasteiger partial charge in [0.1, 0.15) is 0 Å². The highest BCUT2D eigenvalue weighted by molar-refractivity contribution is 7.91. The van der Waals surface area contributed by atoms with Crippen LogP contribution in [-0.2, 0) is 9.84 Å². The van der Waals surface area contributed by atoms with E-state index < -0.39 is 9.84 Å². The average molecular weight is 279 g/mol. The molecule has 2 rings (SSSR count). The molecule has 1 unspecified atom stereocenters. The highest BCUT2D eigenvalue weighted by Gasteiger charge is 2.30. The Hall–Kier alpha value is -0.390. The Morgan fingerprint density at radius 1 is 1.56 bits per heavy atom. The van der Waals surface area contributed by atoms with Crippen molar-refractivity contribution < 1.29 is 13.2 Å². The molecule has 0 saturated carbocycles. The number of sulfone groups is 1. The van der Waals surface area contributed by atoms with E-state index in [1.807, 2.05) is 0 Å². The second kappa shape index (κ2) is 4.47. The van der Waals surface area contributed by atoms with Crippen LogP contribution in [0.2, 0.25) is 5.02 Å². The molecule has 6 heteroatoms. The first kappa shape index (κ1) is 12.1. The lowest BCUT2D eigenvalue weighted by Gasteiger charge is -2.04. The maximum Gasteiger partial charge on any atom is 0.174 e. The molecule has 3 nitrogen and oxygen atoms in total. The van der Waals surface area contributed by atoms with E-state index in [9.17, 15) is 13.2 Å². The van der Waals surface area contributed by atoms with Gasteiger partial charge in [0.15, 0.2) is 15.6 Å². The van der Waals surface area contributed by atoms with Crippen molar-refractivity contribution in [1.82, 2.24) is 0 Å². The van der Waals surface area contributed by atoms with E-state index in [1.54, 1.807) is 11.4 Å². The van der Waals surface area contributed by atoms with Gasteiger partial charge in [-0.15, -0.1) is 11.3 Å². The van der Waals surface area contributed by atoms with Crippen molar-refractivity contribution in [1.29, 1.82) is 0 Å². The monoisotopic (exact) mass is 278 g/mol. The lowest BCUT2D eigenvalue weighted by atomic mass is 10.0. The zero-order valence-electron chi connectivity index (χ0n) is 8.48. The Kier molecular flexibility index (Phi) is 3.37. The third-order valence-electron chi connectivity index (χ3n) is 2.67. The van der Waals surface area contributed by atoms with E-state index in [4.69, 9.17) is 11.6 Å². The summed E-state index contributed by atoms with van der Waals surface area (Å²) in [7, 11) is -2.90. The fourth-order valence-electron chi connectivity index (χ4n) is 1.88. The number of carbonyl (C=O) groups is 1. The van der Waals surface area contributed by atoms with Gasteiger partial charge in [-0.25, -0.2) is 8.42 Å². The first-order valence-corrected chi connectivity index (χ1v) is 8.02. The van der Waals surface area contributed by atoms with Gasteiger partial charge in [0.25, 0.3) is 0 Å². The standard InChI is InChI=1S/C10H11ClO3S2/c11-8-1-3-15-10(8)9(12)5-7-2-4-16(13,14)6-7/h1,3,7H,2,4-6H2. The van der Waals surface area contributed by atoms with Crippen molar-refractivity contribution in [3.8, 4) is 0 Å². The summed E-state index contributed by atoms with van der Waals surface area (Å²) in [6.07, 6.45) is 0.885.